The van der Waals surface area contributed by atoms with Crippen LogP contribution in [0.1, 0.15) is 12.1 Å². The van der Waals surface area contributed by atoms with Crippen molar-refractivity contribution >= 4 is 22.3 Å². The summed E-state index contributed by atoms with van der Waals surface area (Å²) in [7, 11) is 0. The van der Waals surface area contributed by atoms with Gasteiger partial charge in [0.05, 0.1) is 18.3 Å². The molecule has 0 bridgehead atoms. The molecule has 0 radical (unpaired) electrons. The molecule has 96 valence electrons. The van der Waals surface area contributed by atoms with Crippen LogP contribution in [0.5, 0.6) is 0 Å². The number of aromatic nitrogens is 4. The first-order valence-corrected chi connectivity index (χ1v) is 6.51. The third-order valence-electron chi connectivity index (χ3n) is 2.62. The third kappa shape index (κ3) is 2.45. The quantitative estimate of drug-likeness (QED) is 0.785. The fourth-order valence-electron chi connectivity index (χ4n) is 1.71. The highest BCUT2D eigenvalue weighted by atomic mass is 32.1. The van der Waals surface area contributed by atoms with Crippen molar-refractivity contribution in [1.82, 2.24) is 19.6 Å². The number of carboxylic acid groups (broad SMARTS) is 1. The van der Waals surface area contributed by atoms with Crippen LogP contribution in [0.3, 0.4) is 0 Å². The Hall–Kier alpha value is -2.28. The summed E-state index contributed by atoms with van der Waals surface area (Å²) in [5, 5.41) is 13.9. The van der Waals surface area contributed by atoms with Crippen LogP contribution >= 0.6 is 11.3 Å². The topological polar surface area (TPSA) is 80.4 Å². The number of rotatable bonds is 4. The minimum absolute atomic E-state index is 0.0854. The molecule has 3 aromatic heterocycles. The van der Waals surface area contributed by atoms with E-state index in [-0.39, 0.29) is 6.42 Å². The SMILES string of the molecule is O=C(O)CCc1cn2nc(-c3ccncc3)sc2n1. The van der Waals surface area contributed by atoms with Gasteiger partial charge in [0.15, 0.2) is 0 Å². The monoisotopic (exact) mass is 274 g/mol. The average Bonchev–Trinajstić information content (AvgIpc) is 2.95. The minimum atomic E-state index is -0.818. The van der Waals surface area contributed by atoms with Gasteiger partial charge < -0.3 is 5.11 Å². The van der Waals surface area contributed by atoms with E-state index in [2.05, 4.69) is 15.1 Å². The van der Waals surface area contributed by atoms with Crippen molar-refractivity contribution in [2.45, 2.75) is 12.8 Å². The molecule has 3 aromatic rings. The molecule has 0 amide bonds. The molecule has 0 aliphatic heterocycles. The molecule has 7 heteroatoms. The van der Waals surface area contributed by atoms with Crippen LogP contribution in [0.25, 0.3) is 15.5 Å². The molecule has 3 heterocycles. The van der Waals surface area contributed by atoms with E-state index in [0.29, 0.717) is 6.42 Å². The minimum Gasteiger partial charge on any atom is -0.481 e. The number of carboxylic acids is 1. The number of carbonyl (C=O) groups is 1. The number of imidazole rings is 1. The molecule has 6 nitrogen and oxygen atoms in total. The largest absolute Gasteiger partial charge is 0.481 e. The predicted molar refractivity (Wildman–Crippen MR) is 70.1 cm³/mol. The summed E-state index contributed by atoms with van der Waals surface area (Å²) in [6.45, 7) is 0. The second kappa shape index (κ2) is 4.77. The smallest absolute Gasteiger partial charge is 0.303 e. The average molecular weight is 274 g/mol. The Morgan fingerprint density at radius 2 is 2.16 bits per heavy atom. The number of fused-ring (bicyclic) bond motifs is 1. The van der Waals surface area contributed by atoms with Crippen molar-refractivity contribution in [2.75, 3.05) is 0 Å². The summed E-state index contributed by atoms with van der Waals surface area (Å²) in [6.07, 6.45) is 5.73. The first-order valence-electron chi connectivity index (χ1n) is 5.69. The summed E-state index contributed by atoms with van der Waals surface area (Å²) in [4.78, 5) is 19.6. The molecule has 3 rings (SSSR count). The maximum atomic E-state index is 10.5. The van der Waals surface area contributed by atoms with E-state index in [1.54, 1.807) is 23.1 Å². The highest BCUT2D eigenvalue weighted by Gasteiger charge is 2.10. The van der Waals surface area contributed by atoms with Gasteiger partial charge >= 0.3 is 5.97 Å². The van der Waals surface area contributed by atoms with Crippen molar-refractivity contribution < 1.29 is 9.90 Å². The van der Waals surface area contributed by atoms with Gasteiger partial charge in [0.2, 0.25) is 4.96 Å². The Morgan fingerprint density at radius 1 is 1.37 bits per heavy atom. The van der Waals surface area contributed by atoms with Crippen molar-refractivity contribution in [1.29, 1.82) is 0 Å². The molecular weight excluding hydrogens is 264 g/mol. The highest BCUT2D eigenvalue weighted by Crippen LogP contribution is 2.25. The highest BCUT2D eigenvalue weighted by molar-refractivity contribution is 7.19. The van der Waals surface area contributed by atoms with E-state index < -0.39 is 5.97 Å². The van der Waals surface area contributed by atoms with Gasteiger partial charge in [-0.25, -0.2) is 9.50 Å². The zero-order valence-corrected chi connectivity index (χ0v) is 10.7. The van der Waals surface area contributed by atoms with E-state index in [1.165, 1.54) is 11.3 Å². The third-order valence-corrected chi connectivity index (χ3v) is 3.59. The first-order chi connectivity index (χ1) is 9.22. The van der Waals surface area contributed by atoms with E-state index in [1.807, 2.05) is 12.1 Å². The molecule has 0 saturated heterocycles. The summed E-state index contributed by atoms with van der Waals surface area (Å²) in [5.74, 6) is -0.818. The zero-order valence-electron chi connectivity index (χ0n) is 9.85. The zero-order chi connectivity index (χ0) is 13.2. The molecule has 0 spiro atoms. The Bertz CT molecular complexity index is 688. The van der Waals surface area contributed by atoms with Gasteiger partial charge in [-0.1, -0.05) is 11.3 Å². The summed E-state index contributed by atoms with van der Waals surface area (Å²) >= 11 is 1.47. The van der Waals surface area contributed by atoms with Gasteiger partial charge in [-0.15, -0.1) is 0 Å². The van der Waals surface area contributed by atoms with Crippen LogP contribution < -0.4 is 0 Å². The molecule has 19 heavy (non-hydrogen) atoms. The van der Waals surface area contributed by atoms with Crippen molar-refractivity contribution in [3.05, 3.63) is 36.4 Å². The standard InChI is InChI=1S/C12H10N4O2S/c17-10(18)2-1-9-7-16-12(14-9)19-11(15-16)8-3-5-13-6-4-8/h3-7H,1-2H2,(H,17,18). The Morgan fingerprint density at radius 3 is 2.84 bits per heavy atom. The van der Waals surface area contributed by atoms with Crippen LogP contribution in [-0.2, 0) is 11.2 Å². The molecular formula is C12H10N4O2S. The number of hydrogen-bond acceptors (Lipinski definition) is 5. The maximum Gasteiger partial charge on any atom is 0.303 e. The van der Waals surface area contributed by atoms with Gasteiger partial charge in [-0.05, 0) is 12.1 Å². The Labute approximate surface area is 112 Å². The number of aliphatic carboxylic acids is 1. The fraction of sp³-hybridized carbons (Fsp3) is 0.167. The first kappa shape index (κ1) is 11.8. The van der Waals surface area contributed by atoms with Crippen LogP contribution in [-0.4, -0.2) is 30.7 Å². The summed E-state index contributed by atoms with van der Waals surface area (Å²) in [5.41, 5.74) is 1.75. The maximum absolute atomic E-state index is 10.5. The van der Waals surface area contributed by atoms with Crippen molar-refractivity contribution in [3.63, 3.8) is 0 Å². The lowest BCUT2D eigenvalue weighted by molar-refractivity contribution is -0.136. The fourth-order valence-corrected chi connectivity index (χ4v) is 2.62. The number of pyridine rings is 1. The molecule has 0 atom stereocenters. The van der Waals surface area contributed by atoms with Gasteiger partial charge in [0.1, 0.15) is 5.01 Å². The molecule has 0 aliphatic rings. The molecule has 1 N–H and O–H groups in total. The van der Waals surface area contributed by atoms with Gasteiger partial charge in [0.25, 0.3) is 0 Å². The summed E-state index contributed by atoms with van der Waals surface area (Å²) < 4.78 is 1.69. The molecule has 0 saturated carbocycles. The van der Waals surface area contributed by atoms with Gasteiger partial charge in [-0.3, -0.25) is 9.78 Å². The molecule has 0 fully saturated rings. The lowest BCUT2D eigenvalue weighted by atomic mass is 10.2. The lowest BCUT2D eigenvalue weighted by Crippen LogP contribution is -1.97. The Kier molecular flexibility index (Phi) is 2.96. The van der Waals surface area contributed by atoms with Crippen LogP contribution in [0, 0.1) is 0 Å². The van der Waals surface area contributed by atoms with Crippen molar-refractivity contribution in [3.8, 4) is 10.6 Å². The predicted octanol–water partition coefficient (Wildman–Crippen LogP) is 1.87. The van der Waals surface area contributed by atoms with Gasteiger partial charge in [0, 0.05) is 24.4 Å². The second-order valence-electron chi connectivity index (χ2n) is 4.00. The molecule has 0 aromatic carbocycles. The van der Waals surface area contributed by atoms with E-state index in [9.17, 15) is 4.79 Å². The molecule has 0 unspecified atom stereocenters. The number of hydrogen-bond donors (Lipinski definition) is 1. The van der Waals surface area contributed by atoms with E-state index in [0.717, 1.165) is 21.2 Å². The van der Waals surface area contributed by atoms with Crippen LogP contribution in [0.15, 0.2) is 30.7 Å². The van der Waals surface area contributed by atoms with Crippen LogP contribution in [0.2, 0.25) is 0 Å². The van der Waals surface area contributed by atoms with Crippen LogP contribution in [0.4, 0.5) is 0 Å². The van der Waals surface area contributed by atoms with E-state index in [4.69, 9.17) is 5.11 Å². The summed E-state index contributed by atoms with van der Waals surface area (Å²) in [6, 6.07) is 3.78. The Balaban J connectivity index is 1.87. The molecule has 0 aliphatic carbocycles. The normalized spacial score (nSPS) is 10.9. The van der Waals surface area contributed by atoms with Crippen molar-refractivity contribution in [2.24, 2.45) is 0 Å². The number of aryl methyl sites for hydroxylation is 1. The van der Waals surface area contributed by atoms with Gasteiger partial charge in [-0.2, -0.15) is 5.10 Å². The lowest BCUT2D eigenvalue weighted by Gasteiger charge is -1.92. The van der Waals surface area contributed by atoms with E-state index >= 15 is 0 Å². The number of nitrogens with zero attached hydrogens (tertiary/aromatic N) is 4. The second-order valence-corrected chi connectivity index (χ2v) is 4.95.